The molecule has 48 valence electrons. The van der Waals surface area contributed by atoms with Gasteiger partial charge in [-0.15, -0.1) is 23.1 Å². The molecule has 9 heavy (non-hydrogen) atoms. The first kappa shape index (κ1) is 6.77. The SMILES string of the molecule is CSC=Nc1nccs1. The molecule has 1 rings (SSSR count). The molecule has 0 unspecified atom stereocenters. The fourth-order valence-corrected chi connectivity index (χ4v) is 1.13. The summed E-state index contributed by atoms with van der Waals surface area (Å²) >= 11 is 3.12. The Bertz CT molecular complexity index is 181. The van der Waals surface area contributed by atoms with Crippen LogP contribution in [0, 0.1) is 0 Å². The number of nitrogens with zero attached hydrogens (tertiary/aromatic N) is 2. The van der Waals surface area contributed by atoms with E-state index in [9.17, 15) is 0 Å². The first-order valence-corrected chi connectivity index (χ1v) is 4.55. The maximum atomic E-state index is 4.03. The lowest BCUT2D eigenvalue weighted by Gasteiger charge is -1.77. The van der Waals surface area contributed by atoms with E-state index < -0.39 is 0 Å². The molecular weight excluding hydrogens is 152 g/mol. The van der Waals surface area contributed by atoms with Crippen LogP contribution in [0.3, 0.4) is 0 Å². The zero-order valence-corrected chi connectivity index (χ0v) is 6.58. The number of thioether (sulfide) groups is 1. The molecule has 0 N–H and O–H groups in total. The lowest BCUT2D eigenvalue weighted by molar-refractivity contribution is 1.37. The van der Waals surface area contributed by atoms with Crippen molar-refractivity contribution in [1.82, 2.24) is 4.98 Å². The van der Waals surface area contributed by atoms with E-state index in [4.69, 9.17) is 0 Å². The van der Waals surface area contributed by atoms with Crippen molar-refractivity contribution in [3.63, 3.8) is 0 Å². The minimum atomic E-state index is 0.823. The van der Waals surface area contributed by atoms with Crippen molar-refractivity contribution in [1.29, 1.82) is 0 Å². The second-order valence-corrected chi connectivity index (χ2v) is 2.84. The Labute approximate surface area is 62.0 Å². The van der Waals surface area contributed by atoms with Gasteiger partial charge in [-0.05, 0) is 6.26 Å². The van der Waals surface area contributed by atoms with Gasteiger partial charge in [-0.3, -0.25) is 0 Å². The number of hydrogen-bond donors (Lipinski definition) is 0. The summed E-state index contributed by atoms with van der Waals surface area (Å²) in [6.07, 6.45) is 3.72. The third-order valence-corrected chi connectivity index (χ3v) is 1.68. The summed E-state index contributed by atoms with van der Waals surface area (Å²) in [5.74, 6) is 0. The molecule has 0 fully saturated rings. The van der Waals surface area contributed by atoms with E-state index in [1.165, 1.54) is 0 Å². The van der Waals surface area contributed by atoms with E-state index >= 15 is 0 Å². The van der Waals surface area contributed by atoms with Crippen LogP contribution < -0.4 is 0 Å². The van der Waals surface area contributed by atoms with E-state index in [0.29, 0.717) is 0 Å². The Morgan fingerprint density at radius 1 is 1.89 bits per heavy atom. The van der Waals surface area contributed by atoms with Gasteiger partial charge in [0, 0.05) is 11.6 Å². The third-order valence-electron chi connectivity index (χ3n) is 0.688. The highest BCUT2D eigenvalue weighted by Gasteiger charge is 1.84. The molecule has 0 aromatic carbocycles. The molecule has 4 heteroatoms. The minimum Gasteiger partial charge on any atom is -0.227 e. The van der Waals surface area contributed by atoms with Crippen LogP contribution in [0.4, 0.5) is 5.13 Å². The summed E-state index contributed by atoms with van der Waals surface area (Å²) in [5, 5.41) is 2.73. The minimum absolute atomic E-state index is 0.823. The van der Waals surface area contributed by atoms with Crippen LogP contribution in [0.2, 0.25) is 0 Å². The number of rotatable bonds is 2. The Kier molecular flexibility index (Phi) is 2.73. The highest BCUT2D eigenvalue weighted by atomic mass is 32.2. The highest BCUT2D eigenvalue weighted by molar-refractivity contribution is 8.11. The van der Waals surface area contributed by atoms with Crippen LogP contribution in [-0.4, -0.2) is 16.8 Å². The van der Waals surface area contributed by atoms with Gasteiger partial charge >= 0.3 is 0 Å². The first-order chi connectivity index (χ1) is 4.43. The fraction of sp³-hybridized carbons (Fsp3) is 0.200. The van der Waals surface area contributed by atoms with Gasteiger partial charge in [-0.1, -0.05) is 0 Å². The molecule has 2 nitrogen and oxygen atoms in total. The topological polar surface area (TPSA) is 25.2 Å². The second kappa shape index (κ2) is 3.63. The van der Waals surface area contributed by atoms with Crippen LogP contribution >= 0.6 is 23.1 Å². The van der Waals surface area contributed by atoms with Crippen molar-refractivity contribution in [2.75, 3.05) is 6.26 Å². The molecule has 0 bridgehead atoms. The van der Waals surface area contributed by atoms with E-state index in [-0.39, 0.29) is 0 Å². The molecule has 1 aromatic heterocycles. The molecule has 1 aromatic rings. The van der Waals surface area contributed by atoms with E-state index in [1.54, 1.807) is 34.8 Å². The van der Waals surface area contributed by atoms with Crippen molar-refractivity contribution in [2.24, 2.45) is 4.99 Å². The summed E-state index contributed by atoms with van der Waals surface area (Å²) in [6.45, 7) is 0. The van der Waals surface area contributed by atoms with Crippen LogP contribution in [0.25, 0.3) is 0 Å². The van der Waals surface area contributed by atoms with Gasteiger partial charge in [0.1, 0.15) is 0 Å². The number of hydrogen-bond acceptors (Lipinski definition) is 4. The van der Waals surface area contributed by atoms with Gasteiger partial charge in [0.15, 0.2) is 0 Å². The largest absolute Gasteiger partial charge is 0.227 e. The zero-order chi connectivity index (χ0) is 6.53. The molecule has 0 radical (unpaired) electrons. The molecular formula is C5H6N2S2. The fourth-order valence-electron chi connectivity index (χ4n) is 0.377. The van der Waals surface area contributed by atoms with Gasteiger partial charge < -0.3 is 0 Å². The summed E-state index contributed by atoms with van der Waals surface area (Å²) < 4.78 is 0. The molecule has 0 amide bonds. The van der Waals surface area contributed by atoms with E-state index in [1.807, 2.05) is 11.6 Å². The average Bonchev–Trinajstić information content (AvgIpc) is 2.34. The van der Waals surface area contributed by atoms with Crippen LogP contribution in [-0.2, 0) is 0 Å². The summed E-state index contributed by atoms with van der Waals surface area (Å²) in [6, 6.07) is 0. The molecule has 0 aliphatic carbocycles. The molecule has 0 saturated carbocycles. The summed E-state index contributed by atoms with van der Waals surface area (Å²) in [5.41, 5.74) is 1.78. The molecule has 0 spiro atoms. The Morgan fingerprint density at radius 2 is 2.78 bits per heavy atom. The van der Waals surface area contributed by atoms with Crippen molar-refractivity contribution >= 4 is 33.8 Å². The quantitative estimate of drug-likeness (QED) is 0.487. The maximum Gasteiger partial charge on any atom is 0.209 e. The maximum absolute atomic E-state index is 4.03. The zero-order valence-electron chi connectivity index (χ0n) is 4.94. The Morgan fingerprint density at radius 3 is 3.33 bits per heavy atom. The second-order valence-electron chi connectivity index (χ2n) is 1.28. The first-order valence-electron chi connectivity index (χ1n) is 2.38. The molecule has 0 aliphatic rings. The van der Waals surface area contributed by atoms with Crippen molar-refractivity contribution < 1.29 is 0 Å². The van der Waals surface area contributed by atoms with Crippen molar-refractivity contribution in [3.05, 3.63) is 11.6 Å². The van der Waals surface area contributed by atoms with Crippen molar-refractivity contribution in [3.8, 4) is 0 Å². The normalized spacial score (nSPS) is 10.8. The lowest BCUT2D eigenvalue weighted by atomic mass is 11.0. The Balaban J connectivity index is 2.57. The van der Waals surface area contributed by atoms with Crippen LogP contribution in [0.5, 0.6) is 0 Å². The standard InChI is InChI=1S/C5H6N2S2/c1-8-4-7-5-6-2-3-9-5/h2-4H,1H3. The highest BCUT2D eigenvalue weighted by Crippen LogP contribution is 2.13. The van der Waals surface area contributed by atoms with Crippen LogP contribution in [0.15, 0.2) is 16.6 Å². The smallest absolute Gasteiger partial charge is 0.209 e. The van der Waals surface area contributed by atoms with Gasteiger partial charge in [0.25, 0.3) is 0 Å². The third kappa shape index (κ3) is 2.15. The monoisotopic (exact) mass is 158 g/mol. The molecule has 0 aliphatic heterocycles. The van der Waals surface area contributed by atoms with E-state index in [2.05, 4.69) is 9.98 Å². The van der Waals surface area contributed by atoms with Gasteiger partial charge in [0.2, 0.25) is 5.13 Å². The summed E-state index contributed by atoms with van der Waals surface area (Å²) in [4.78, 5) is 7.99. The lowest BCUT2D eigenvalue weighted by Crippen LogP contribution is -1.59. The predicted octanol–water partition coefficient (Wildman–Crippen LogP) is 2.17. The number of aliphatic imine (C=N–C) groups is 1. The van der Waals surface area contributed by atoms with Crippen LogP contribution in [0.1, 0.15) is 0 Å². The molecule has 0 atom stereocenters. The predicted molar refractivity (Wildman–Crippen MR) is 43.8 cm³/mol. The number of thiazole rings is 1. The molecule has 0 saturated heterocycles. The number of aromatic nitrogens is 1. The summed E-state index contributed by atoms with van der Waals surface area (Å²) in [7, 11) is 0. The van der Waals surface area contributed by atoms with Gasteiger partial charge in [0.05, 0.1) is 5.55 Å². The van der Waals surface area contributed by atoms with Crippen molar-refractivity contribution in [2.45, 2.75) is 0 Å². The van der Waals surface area contributed by atoms with Gasteiger partial charge in [-0.25, -0.2) is 9.98 Å². The van der Waals surface area contributed by atoms with E-state index in [0.717, 1.165) is 5.13 Å². The Hall–Kier alpha value is -0.350. The van der Waals surface area contributed by atoms with Gasteiger partial charge in [-0.2, -0.15) is 0 Å². The average molecular weight is 158 g/mol. The molecule has 1 heterocycles.